The Morgan fingerprint density at radius 3 is 2.26 bits per heavy atom. The molecule has 3 saturated carbocycles. The molecule has 1 aliphatic heterocycles. The van der Waals surface area contributed by atoms with Gasteiger partial charge >= 0.3 is 11.9 Å². The predicted molar refractivity (Wildman–Crippen MR) is 121 cm³/mol. The zero-order valence-corrected chi connectivity index (χ0v) is 20.6. The fraction of sp³-hybridized carbons (Fsp3) is 0.926. The summed E-state index contributed by atoms with van der Waals surface area (Å²) in [6, 6.07) is 0. The molecule has 8 atom stereocenters. The Kier molecular flexibility index (Phi) is 5.58. The Morgan fingerprint density at radius 2 is 1.68 bits per heavy atom. The average molecular weight is 433 g/mol. The number of ether oxygens (including phenoxy) is 1. The normalized spacial score (nSPS) is 49.6. The topological polar surface area (TPSA) is 63.6 Å². The van der Waals surface area contributed by atoms with Crippen LogP contribution in [-0.4, -0.2) is 22.6 Å². The van der Waals surface area contributed by atoms with Crippen molar-refractivity contribution in [1.29, 1.82) is 0 Å². The molecule has 0 radical (unpaired) electrons. The van der Waals surface area contributed by atoms with Crippen LogP contribution in [0, 0.1) is 45.8 Å². The monoisotopic (exact) mass is 432 g/mol. The number of cyclic esters (lactones) is 1. The molecule has 4 aliphatic rings. The van der Waals surface area contributed by atoms with Gasteiger partial charge in [-0.05, 0) is 98.2 Å². The highest BCUT2D eigenvalue weighted by atomic mass is 16.6. The molecule has 0 aromatic rings. The Morgan fingerprint density at radius 1 is 1.00 bits per heavy atom. The third kappa shape index (κ3) is 3.29. The quantitative estimate of drug-likeness (QED) is 0.506. The first kappa shape index (κ1) is 23.1. The lowest BCUT2D eigenvalue weighted by atomic mass is 9.38. The minimum Gasteiger partial charge on any atom is -0.481 e. The van der Waals surface area contributed by atoms with Gasteiger partial charge in [-0.2, -0.15) is 0 Å². The van der Waals surface area contributed by atoms with Crippen molar-refractivity contribution >= 4 is 11.9 Å². The van der Waals surface area contributed by atoms with Crippen molar-refractivity contribution in [2.75, 3.05) is 0 Å². The first-order valence-electron chi connectivity index (χ1n) is 12.8. The minimum atomic E-state index is -0.659. The largest absolute Gasteiger partial charge is 0.481 e. The summed E-state index contributed by atoms with van der Waals surface area (Å²) in [5, 5.41) is 9.51. The number of aliphatic carboxylic acids is 1. The highest BCUT2D eigenvalue weighted by Gasteiger charge is 2.68. The number of carboxylic acids is 1. The SMILES string of the molecule is CC(C)C1CCC2(C)C(CCC3C(C4(C)CCC(=O)O4)CCC32C)C1(C)CCC(=O)O. The van der Waals surface area contributed by atoms with E-state index in [0.29, 0.717) is 36.0 Å². The van der Waals surface area contributed by atoms with Gasteiger partial charge in [0.2, 0.25) is 0 Å². The van der Waals surface area contributed by atoms with Gasteiger partial charge in [0.15, 0.2) is 0 Å². The van der Waals surface area contributed by atoms with E-state index in [1.165, 1.54) is 32.1 Å². The standard InChI is InChI=1S/C27H44O4/c1-17(2)18-9-15-26(5)21(24(18,3)13-11-22(28)29)8-7-19-20(10-14-25(19,26)4)27(6)16-12-23(30)31-27/h17-21H,7-16H2,1-6H3,(H,28,29). The van der Waals surface area contributed by atoms with Gasteiger partial charge in [-0.3, -0.25) is 9.59 Å². The molecule has 0 aromatic carbocycles. The molecule has 3 aliphatic carbocycles. The van der Waals surface area contributed by atoms with Crippen LogP contribution in [0.4, 0.5) is 0 Å². The van der Waals surface area contributed by atoms with Crippen LogP contribution >= 0.6 is 0 Å². The summed E-state index contributed by atoms with van der Waals surface area (Å²) in [4.78, 5) is 23.5. The molecule has 4 fully saturated rings. The number of carbonyl (C=O) groups excluding carboxylic acids is 1. The second kappa shape index (κ2) is 7.48. The zero-order chi connectivity index (χ0) is 22.8. The van der Waals surface area contributed by atoms with E-state index in [0.717, 1.165) is 19.3 Å². The fourth-order valence-electron chi connectivity index (χ4n) is 9.67. The van der Waals surface area contributed by atoms with Gasteiger partial charge < -0.3 is 9.84 Å². The summed E-state index contributed by atoms with van der Waals surface area (Å²) in [7, 11) is 0. The Balaban J connectivity index is 1.67. The minimum absolute atomic E-state index is 0.0188. The van der Waals surface area contributed by atoms with E-state index in [9.17, 15) is 14.7 Å². The van der Waals surface area contributed by atoms with Gasteiger partial charge in [0.25, 0.3) is 0 Å². The highest BCUT2D eigenvalue weighted by molar-refractivity contribution is 5.72. The molecule has 1 N–H and O–H groups in total. The van der Waals surface area contributed by atoms with E-state index in [1.54, 1.807) is 0 Å². The predicted octanol–water partition coefficient (Wildman–Crippen LogP) is 6.47. The fourth-order valence-corrected chi connectivity index (χ4v) is 9.67. The number of hydrogen-bond acceptors (Lipinski definition) is 3. The molecule has 31 heavy (non-hydrogen) atoms. The highest BCUT2D eigenvalue weighted by Crippen LogP contribution is 2.74. The second-order valence-corrected chi connectivity index (χ2v) is 12.8. The van der Waals surface area contributed by atoms with Crippen molar-refractivity contribution < 1.29 is 19.4 Å². The van der Waals surface area contributed by atoms with Crippen molar-refractivity contribution in [2.45, 2.75) is 111 Å². The van der Waals surface area contributed by atoms with E-state index in [4.69, 9.17) is 4.74 Å². The van der Waals surface area contributed by atoms with Crippen molar-refractivity contribution in [3.05, 3.63) is 0 Å². The van der Waals surface area contributed by atoms with Gasteiger partial charge in [-0.25, -0.2) is 0 Å². The van der Waals surface area contributed by atoms with E-state index in [-0.39, 0.29) is 34.2 Å². The van der Waals surface area contributed by atoms with Crippen LogP contribution in [0.2, 0.25) is 0 Å². The lowest BCUT2D eigenvalue weighted by molar-refractivity contribution is -0.191. The average Bonchev–Trinajstić information content (AvgIpc) is 3.21. The molecule has 4 heteroatoms. The number of hydrogen-bond donors (Lipinski definition) is 1. The summed E-state index contributed by atoms with van der Waals surface area (Å²) in [5.74, 6) is 2.14. The Labute approximate surface area is 188 Å². The molecule has 1 heterocycles. The van der Waals surface area contributed by atoms with Crippen molar-refractivity contribution in [3.8, 4) is 0 Å². The molecule has 176 valence electrons. The smallest absolute Gasteiger partial charge is 0.306 e. The number of rotatable bonds is 5. The van der Waals surface area contributed by atoms with Crippen LogP contribution < -0.4 is 0 Å². The van der Waals surface area contributed by atoms with Crippen LogP contribution in [0.15, 0.2) is 0 Å². The maximum absolute atomic E-state index is 12.0. The molecular weight excluding hydrogens is 388 g/mol. The molecule has 0 spiro atoms. The van der Waals surface area contributed by atoms with Gasteiger partial charge in [0.1, 0.15) is 5.60 Å². The first-order valence-corrected chi connectivity index (χ1v) is 12.8. The van der Waals surface area contributed by atoms with Gasteiger partial charge in [0.05, 0.1) is 0 Å². The van der Waals surface area contributed by atoms with Crippen LogP contribution in [0.25, 0.3) is 0 Å². The molecule has 4 rings (SSSR count). The van der Waals surface area contributed by atoms with Gasteiger partial charge in [-0.15, -0.1) is 0 Å². The van der Waals surface area contributed by atoms with Crippen LogP contribution in [0.1, 0.15) is 106 Å². The molecule has 0 bridgehead atoms. The lowest BCUT2D eigenvalue weighted by Crippen LogP contribution is -2.60. The molecule has 0 amide bonds. The molecular formula is C27H44O4. The van der Waals surface area contributed by atoms with E-state index >= 15 is 0 Å². The molecule has 4 nitrogen and oxygen atoms in total. The Hall–Kier alpha value is -1.06. The Bertz CT molecular complexity index is 746. The van der Waals surface area contributed by atoms with Crippen molar-refractivity contribution in [3.63, 3.8) is 0 Å². The zero-order valence-electron chi connectivity index (χ0n) is 20.6. The van der Waals surface area contributed by atoms with E-state index < -0.39 is 5.97 Å². The number of esters is 1. The summed E-state index contributed by atoms with van der Waals surface area (Å²) < 4.78 is 5.95. The maximum atomic E-state index is 12.0. The molecule has 8 unspecified atom stereocenters. The van der Waals surface area contributed by atoms with Gasteiger partial charge in [0, 0.05) is 18.8 Å². The molecule has 0 aromatic heterocycles. The summed E-state index contributed by atoms with van der Waals surface area (Å²) in [6.45, 7) is 14.4. The summed E-state index contributed by atoms with van der Waals surface area (Å²) in [5.41, 5.74) is 0.257. The number of carboxylic acid groups (broad SMARTS) is 1. The van der Waals surface area contributed by atoms with Crippen molar-refractivity contribution in [2.24, 2.45) is 45.8 Å². The maximum Gasteiger partial charge on any atom is 0.306 e. The van der Waals surface area contributed by atoms with E-state index in [1.807, 2.05) is 0 Å². The summed E-state index contributed by atoms with van der Waals surface area (Å²) in [6.07, 6.45) is 9.73. The lowest BCUT2D eigenvalue weighted by Gasteiger charge is -2.67. The second-order valence-electron chi connectivity index (χ2n) is 12.8. The number of carbonyl (C=O) groups is 2. The van der Waals surface area contributed by atoms with Gasteiger partial charge in [-0.1, -0.05) is 34.6 Å². The molecule has 1 saturated heterocycles. The third-order valence-electron chi connectivity index (χ3n) is 11.4. The van der Waals surface area contributed by atoms with Crippen LogP contribution in [-0.2, 0) is 14.3 Å². The van der Waals surface area contributed by atoms with E-state index in [2.05, 4.69) is 41.5 Å². The number of fused-ring (bicyclic) bond motifs is 3. The van der Waals surface area contributed by atoms with Crippen LogP contribution in [0.3, 0.4) is 0 Å². The summed E-state index contributed by atoms with van der Waals surface area (Å²) >= 11 is 0. The first-order chi connectivity index (χ1) is 14.4. The third-order valence-corrected chi connectivity index (χ3v) is 11.4. The van der Waals surface area contributed by atoms with Crippen molar-refractivity contribution in [1.82, 2.24) is 0 Å². The van der Waals surface area contributed by atoms with Crippen LogP contribution in [0.5, 0.6) is 0 Å².